The molecule has 0 spiro atoms. The third kappa shape index (κ3) is 4.75. The van der Waals surface area contributed by atoms with E-state index in [9.17, 15) is 14.7 Å². The number of carboxylic acids is 1. The Kier molecular flexibility index (Phi) is 4.28. The van der Waals surface area contributed by atoms with Gasteiger partial charge in [-0.25, -0.2) is 0 Å². The molecule has 1 amide bonds. The molecule has 0 saturated carbocycles. The van der Waals surface area contributed by atoms with Gasteiger partial charge in [-0.05, 0) is 18.6 Å². The van der Waals surface area contributed by atoms with Crippen LogP contribution in [-0.4, -0.2) is 16.9 Å². The summed E-state index contributed by atoms with van der Waals surface area (Å²) in [4.78, 5) is 25.2. The van der Waals surface area contributed by atoms with E-state index in [0.717, 1.165) is 5.69 Å². The molecule has 1 rings (SSSR count). The molecule has 0 aliphatic heterocycles. The van der Waals surface area contributed by atoms with E-state index in [1.807, 2.05) is 6.07 Å². The molecule has 0 aliphatic rings. The minimum absolute atomic E-state index is 0.0604. The quantitative estimate of drug-likeness (QED) is 0.687. The van der Waals surface area contributed by atoms with Crippen LogP contribution in [0.3, 0.4) is 0 Å². The van der Waals surface area contributed by atoms with Crippen molar-refractivity contribution in [2.45, 2.75) is 19.4 Å². The highest BCUT2D eigenvalue weighted by atomic mass is 16.4. The first-order valence-corrected chi connectivity index (χ1v) is 4.55. The summed E-state index contributed by atoms with van der Waals surface area (Å²) in [5, 5.41) is 12.6. The van der Waals surface area contributed by atoms with E-state index in [4.69, 9.17) is 0 Å². The van der Waals surface area contributed by atoms with E-state index in [2.05, 4.69) is 10.3 Å². The van der Waals surface area contributed by atoms with Crippen LogP contribution in [0.4, 0.5) is 0 Å². The van der Waals surface area contributed by atoms with Crippen molar-refractivity contribution in [3.05, 3.63) is 30.1 Å². The number of nitrogens with zero attached hydrogens (tertiary/aromatic N) is 1. The first-order valence-electron chi connectivity index (χ1n) is 4.55. The van der Waals surface area contributed by atoms with Crippen LogP contribution in [0.15, 0.2) is 24.4 Å². The SMILES string of the molecule is O=C([O-])CCC(=O)NCc1ccccn1. The number of aromatic nitrogens is 1. The summed E-state index contributed by atoms with van der Waals surface area (Å²) in [5.74, 6) is -1.53. The Morgan fingerprint density at radius 2 is 2.13 bits per heavy atom. The lowest BCUT2D eigenvalue weighted by Gasteiger charge is -2.04. The Morgan fingerprint density at radius 3 is 2.73 bits per heavy atom. The van der Waals surface area contributed by atoms with Gasteiger partial charge in [0, 0.05) is 18.6 Å². The molecule has 0 fully saturated rings. The molecule has 80 valence electrons. The van der Waals surface area contributed by atoms with E-state index in [-0.39, 0.29) is 18.7 Å². The minimum atomic E-state index is -1.22. The summed E-state index contributed by atoms with van der Waals surface area (Å²) in [7, 11) is 0. The normalized spacial score (nSPS) is 9.60. The van der Waals surface area contributed by atoms with Crippen molar-refractivity contribution >= 4 is 11.9 Å². The number of nitrogens with one attached hydrogen (secondary N) is 1. The van der Waals surface area contributed by atoms with Crippen LogP contribution >= 0.6 is 0 Å². The van der Waals surface area contributed by atoms with Gasteiger partial charge in [0.1, 0.15) is 0 Å². The van der Waals surface area contributed by atoms with Gasteiger partial charge < -0.3 is 15.2 Å². The molecule has 0 aliphatic carbocycles. The van der Waals surface area contributed by atoms with Gasteiger partial charge in [0.2, 0.25) is 5.91 Å². The monoisotopic (exact) mass is 207 g/mol. The molecule has 0 bridgehead atoms. The predicted molar refractivity (Wildman–Crippen MR) is 50.3 cm³/mol. The van der Waals surface area contributed by atoms with Gasteiger partial charge in [0.05, 0.1) is 12.2 Å². The number of carbonyl (C=O) groups excluding carboxylic acids is 2. The molecule has 5 nitrogen and oxygen atoms in total. The van der Waals surface area contributed by atoms with Crippen molar-refractivity contribution in [3.63, 3.8) is 0 Å². The number of carbonyl (C=O) groups is 2. The largest absolute Gasteiger partial charge is 0.550 e. The van der Waals surface area contributed by atoms with Crippen molar-refractivity contribution < 1.29 is 14.7 Å². The second-order valence-electron chi connectivity index (χ2n) is 2.97. The summed E-state index contributed by atoms with van der Waals surface area (Å²) in [6.45, 7) is 0.312. The maximum atomic E-state index is 11.1. The first kappa shape index (κ1) is 11.2. The average molecular weight is 207 g/mol. The summed E-state index contributed by atoms with van der Waals surface area (Å²) in [6.07, 6.45) is 1.31. The van der Waals surface area contributed by atoms with Crippen LogP contribution in [0.2, 0.25) is 0 Å². The fourth-order valence-electron chi connectivity index (χ4n) is 0.996. The van der Waals surface area contributed by atoms with Gasteiger partial charge in [-0.3, -0.25) is 9.78 Å². The van der Waals surface area contributed by atoms with Gasteiger partial charge in [-0.15, -0.1) is 0 Å². The maximum Gasteiger partial charge on any atom is 0.220 e. The molecular weight excluding hydrogens is 196 g/mol. The lowest BCUT2D eigenvalue weighted by Crippen LogP contribution is -2.27. The Bertz CT molecular complexity index is 338. The Labute approximate surface area is 87.1 Å². The smallest absolute Gasteiger partial charge is 0.220 e. The van der Waals surface area contributed by atoms with Crippen LogP contribution in [0, 0.1) is 0 Å². The van der Waals surface area contributed by atoms with E-state index < -0.39 is 5.97 Å². The Morgan fingerprint density at radius 1 is 1.33 bits per heavy atom. The lowest BCUT2D eigenvalue weighted by atomic mass is 10.3. The number of pyridine rings is 1. The molecule has 1 aromatic rings. The van der Waals surface area contributed by atoms with Crippen molar-refractivity contribution in [2.24, 2.45) is 0 Å². The summed E-state index contributed by atoms with van der Waals surface area (Å²) < 4.78 is 0. The molecule has 1 aromatic heterocycles. The highest BCUT2D eigenvalue weighted by Gasteiger charge is 2.01. The molecular formula is C10H11N2O3-. The van der Waals surface area contributed by atoms with Crippen molar-refractivity contribution in [1.29, 1.82) is 0 Å². The van der Waals surface area contributed by atoms with Crippen molar-refractivity contribution in [3.8, 4) is 0 Å². The summed E-state index contributed by atoms with van der Waals surface area (Å²) in [5.41, 5.74) is 0.735. The van der Waals surface area contributed by atoms with Crippen LogP contribution in [-0.2, 0) is 16.1 Å². The third-order valence-electron chi connectivity index (χ3n) is 1.75. The fraction of sp³-hybridized carbons (Fsp3) is 0.300. The highest BCUT2D eigenvalue weighted by Crippen LogP contribution is 1.93. The maximum absolute atomic E-state index is 11.1. The van der Waals surface area contributed by atoms with Gasteiger partial charge in [-0.2, -0.15) is 0 Å². The van der Waals surface area contributed by atoms with Crippen LogP contribution in [0.1, 0.15) is 18.5 Å². The van der Waals surface area contributed by atoms with Gasteiger partial charge >= 0.3 is 0 Å². The number of hydrogen-bond donors (Lipinski definition) is 1. The summed E-state index contributed by atoms with van der Waals surface area (Å²) in [6, 6.07) is 5.37. The number of carboxylic acid groups (broad SMARTS) is 1. The number of amides is 1. The molecule has 1 N–H and O–H groups in total. The number of hydrogen-bond acceptors (Lipinski definition) is 4. The second-order valence-corrected chi connectivity index (χ2v) is 2.97. The molecule has 0 radical (unpaired) electrons. The van der Waals surface area contributed by atoms with Crippen LogP contribution < -0.4 is 10.4 Å². The molecule has 5 heteroatoms. The molecule has 0 unspecified atom stereocenters. The highest BCUT2D eigenvalue weighted by molar-refractivity contribution is 5.79. The molecule has 0 atom stereocenters. The zero-order valence-corrected chi connectivity index (χ0v) is 8.10. The first-order chi connectivity index (χ1) is 7.18. The molecule has 1 heterocycles. The van der Waals surface area contributed by atoms with Crippen molar-refractivity contribution in [1.82, 2.24) is 10.3 Å². The molecule has 15 heavy (non-hydrogen) atoms. The Hall–Kier alpha value is -1.91. The Balaban J connectivity index is 2.26. The minimum Gasteiger partial charge on any atom is -0.550 e. The van der Waals surface area contributed by atoms with Gasteiger partial charge in [-0.1, -0.05) is 6.07 Å². The standard InChI is InChI=1S/C10H12N2O3/c13-9(4-5-10(14)15)12-7-8-3-1-2-6-11-8/h1-3,6H,4-5,7H2,(H,12,13)(H,14,15)/p-1. The zero-order valence-electron chi connectivity index (χ0n) is 8.10. The third-order valence-corrected chi connectivity index (χ3v) is 1.75. The molecule has 0 saturated heterocycles. The second kappa shape index (κ2) is 5.74. The van der Waals surface area contributed by atoms with Gasteiger partial charge in [0.25, 0.3) is 0 Å². The fourth-order valence-corrected chi connectivity index (χ4v) is 0.996. The average Bonchev–Trinajstić information content (AvgIpc) is 2.25. The van der Waals surface area contributed by atoms with E-state index >= 15 is 0 Å². The van der Waals surface area contributed by atoms with Crippen LogP contribution in [0.5, 0.6) is 0 Å². The summed E-state index contributed by atoms with van der Waals surface area (Å²) >= 11 is 0. The molecule has 0 aromatic carbocycles. The van der Waals surface area contributed by atoms with Crippen LogP contribution in [0.25, 0.3) is 0 Å². The zero-order chi connectivity index (χ0) is 11.1. The van der Waals surface area contributed by atoms with E-state index in [1.165, 1.54) is 0 Å². The van der Waals surface area contributed by atoms with E-state index in [1.54, 1.807) is 18.3 Å². The van der Waals surface area contributed by atoms with Gasteiger partial charge in [0.15, 0.2) is 0 Å². The lowest BCUT2D eigenvalue weighted by molar-refractivity contribution is -0.305. The topological polar surface area (TPSA) is 82.1 Å². The predicted octanol–water partition coefficient (Wildman–Crippen LogP) is -0.772. The number of rotatable bonds is 5. The number of aliphatic carboxylic acids is 1. The van der Waals surface area contributed by atoms with Crippen molar-refractivity contribution in [2.75, 3.05) is 0 Å². The van der Waals surface area contributed by atoms with E-state index in [0.29, 0.717) is 6.54 Å².